The number of fused-ring (bicyclic) bond motifs is 2. The van der Waals surface area contributed by atoms with Crippen molar-refractivity contribution in [3.05, 3.63) is 66.0 Å². The molecule has 1 aromatic heterocycles. The molecule has 0 radical (unpaired) electrons. The summed E-state index contributed by atoms with van der Waals surface area (Å²) in [6, 6.07) is 12.9. The molecule has 2 aliphatic rings. The first kappa shape index (κ1) is 14.8. The van der Waals surface area contributed by atoms with Gasteiger partial charge in [0.05, 0.1) is 0 Å². The summed E-state index contributed by atoms with van der Waals surface area (Å²) in [6.45, 7) is 1.12. The maximum absolute atomic E-state index is 9.56. The van der Waals surface area contributed by atoms with Crippen LogP contribution in [0.25, 0.3) is 5.70 Å². The summed E-state index contributed by atoms with van der Waals surface area (Å²) in [5.41, 5.74) is 2.90. The highest BCUT2D eigenvalue weighted by molar-refractivity contribution is 5.78. The molecule has 7 nitrogen and oxygen atoms in total. The molecule has 1 atom stereocenters. The number of allylic oxidation sites excluding steroid dienone is 1. The standard InChI is InChI=1S/C19H16N4O3/c24-14-4-1-12(2-5-14)16-10-15(22-19-20-11-21-23(16)19)13-3-6-17-18(9-13)26-8-7-25-17/h1-6,9-11,16,24H,7-8H2,(H,20,21,22). The number of phenolic OH excluding ortho intramolecular Hbond substituents is 1. The van der Waals surface area contributed by atoms with Crippen molar-refractivity contribution >= 4 is 11.6 Å². The third kappa shape index (κ3) is 2.45. The zero-order chi connectivity index (χ0) is 17.5. The number of aromatic nitrogens is 3. The van der Waals surface area contributed by atoms with E-state index in [1.54, 1.807) is 12.1 Å². The maximum atomic E-state index is 9.56. The van der Waals surface area contributed by atoms with Gasteiger partial charge in [-0.25, -0.2) is 4.68 Å². The number of ether oxygens (including phenoxy) is 2. The molecule has 2 N–H and O–H groups in total. The number of aromatic hydroxyl groups is 1. The lowest BCUT2D eigenvalue weighted by Gasteiger charge is -2.25. The SMILES string of the molecule is Oc1ccc(C2C=C(c3ccc4c(c3)OCCO4)Nc3ncnn32)cc1. The largest absolute Gasteiger partial charge is 0.508 e. The van der Waals surface area contributed by atoms with Gasteiger partial charge in [-0.3, -0.25) is 0 Å². The molecular formula is C19H16N4O3. The first-order valence-electron chi connectivity index (χ1n) is 8.35. The second kappa shape index (κ2) is 5.80. The van der Waals surface area contributed by atoms with Crippen molar-refractivity contribution in [2.45, 2.75) is 6.04 Å². The minimum absolute atomic E-state index is 0.127. The van der Waals surface area contributed by atoms with Crippen molar-refractivity contribution in [3.8, 4) is 17.2 Å². The molecule has 1 unspecified atom stereocenters. The van der Waals surface area contributed by atoms with Crippen molar-refractivity contribution in [1.29, 1.82) is 0 Å². The number of nitrogens with one attached hydrogen (secondary N) is 1. The van der Waals surface area contributed by atoms with Gasteiger partial charge in [0.2, 0.25) is 5.95 Å². The Kier molecular flexibility index (Phi) is 3.31. The van der Waals surface area contributed by atoms with E-state index in [-0.39, 0.29) is 11.8 Å². The number of rotatable bonds is 2. The van der Waals surface area contributed by atoms with Crippen LogP contribution in [0.1, 0.15) is 17.2 Å². The molecule has 5 rings (SSSR count). The van der Waals surface area contributed by atoms with Crippen molar-refractivity contribution < 1.29 is 14.6 Å². The Labute approximate surface area is 149 Å². The van der Waals surface area contributed by atoms with Gasteiger partial charge in [0.1, 0.15) is 31.3 Å². The summed E-state index contributed by atoms with van der Waals surface area (Å²) in [4.78, 5) is 4.31. The van der Waals surface area contributed by atoms with Crippen LogP contribution in [-0.4, -0.2) is 33.1 Å². The van der Waals surface area contributed by atoms with Crippen molar-refractivity contribution in [1.82, 2.24) is 14.8 Å². The molecule has 2 aliphatic heterocycles. The maximum Gasteiger partial charge on any atom is 0.226 e. The van der Waals surface area contributed by atoms with Crippen molar-refractivity contribution in [2.75, 3.05) is 18.5 Å². The number of nitrogens with zero attached hydrogens (tertiary/aromatic N) is 3. The average molecular weight is 348 g/mol. The second-order valence-electron chi connectivity index (χ2n) is 6.13. The minimum Gasteiger partial charge on any atom is -0.508 e. The average Bonchev–Trinajstić information content (AvgIpc) is 3.16. The molecule has 0 spiro atoms. The highest BCUT2D eigenvalue weighted by Crippen LogP contribution is 2.36. The summed E-state index contributed by atoms with van der Waals surface area (Å²) in [5.74, 6) is 2.40. The first-order chi connectivity index (χ1) is 12.8. The highest BCUT2D eigenvalue weighted by atomic mass is 16.6. The molecule has 0 aliphatic carbocycles. The van der Waals surface area contributed by atoms with Crippen molar-refractivity contribution in [3.63, 3.8) is 0 Å². The fourth-order valence-electron chi connectivity index (χ4n) is 3.22. The molecule has 3 heterocycles. The third-order valence-electron chi connectivity index (χ3n) is 4.50. The molecule has 130 valence electrons. The zero-order valence-corrected chi connectivity index (χ0v) is 13.8. The molecule has 2 aromatic carbocycles. The molecule has 3 aromatic rings. The molecule has 0 saturated heterocycles. The van der Waals surface area contributed by atoms with Gasteiger partial charge < -0.3 is 19.9 Å². The van der Waals surface area contributed by atoms with E-state index in [1.165, 1.54) is 6.33 Å². The van der Waals surface area contributed by atoms with E-state index >= 15 is 0 Å². The highest BCUT2D eigenvalue weighted by Gasteiger charge is 2.24. The predicted octanol–water partition coefficient (Wildman–Crippen LogP) is 2.81. The molecule has 0 saturated carbocycles. The van der Waals surface area contributed by atoms with Crippen LogP contribution in [0, 0.1) is 0 Å². The van der Waals surface area contributed by atoms with Gasteiger partial charge >= 0.3 is 0 Å². The topological polar surface area (TPSA) is 81.4 Å². The van der Waals surface area contributed by atoms with E-state index in [0.717, 1.165) is 28.3 Å². The molecular weight excluding hydrogens is 332 g/mol. The van der Waals surface area contributed by atoms with Gasteiger partial charge in [-0.05, 0) is 42.0 Å². The Hall–Kier alpha value is -3.48. The number of hydrogen-bond acceptors (Lipinski definition) is 6. The quantitative estimate of drug-likeness (QED) is 0.741. The molecule has 26 heavy (non-hydrogen) atoms. The van der Waals surface area contributed by atoms with E-state index in [1.807, 2.05) is 35.0 Å². The lowest BCUT2D eigenvalue weighted by molar-refractivity contribution is 0.171. The van der Waals surface area contributed by atoms with Gasteiger partial charge in [0.25, 0.3) is 0 Å². The Morgan fingerprint density at radius 1 is 1.04 bits per heavy atom. The van der Waals surface area contributed by atoms with Crippen LogP contribution in [-0.2, 0) is 0 Å². The van der Waals surface area contributed by atoms with Crippen LogP contribution in [0.5, 0.6) is 17.2 Å². The summed E-state index contributed by atoms with van der Waals surface area (Å²) >= 11 is 0. The van der Waals surface area contributed by atoms with E-state index in [2.05, 4.69) is 21.5 Å². The monoisotopic (exact) mass is 348 g/mol. The van der Waals surface area contributed by atoms with Crippen LogP contribution in [0.2, 0.25) is 0 Å². The van der Waals surface area contributed by atoms with Crippen LogP contribution < -0.4 is 14.8 Å². The summed E-state index contributed by atoms with van der Waals surface area (Å²) < 4.78 is 13.1. The van der Waals surface area contributed by atoms with E-state index in [0.29, 0.717) is 19.2 Å². The number of hydrogen-bond donors (Lipinski definition) is 2. The van der Waals surface area contributed by atoms with Gasteiger partial charge in [-0.15, -0.1) is 0 Å². The summed E-state index contributed by atoms with van der Waals surface area (Å²) in [6.07, 6.45) is 3.61. The number of benzene rings is 2. The zero-order valence-electron chi connectivity index (χ0n) is 13.8. The number of phenols is 1. The van der Waals surface area contributed by atoms with Crippen LogP contribution >= 0.6 is 0 Å². The Balaban J connectivity index is 1.57. The Bertz CT molecular complexity index is 994. The fraction of sp³-hybridized carbons (Fsp3) is 0.158. The van der Waals surface area contributed by atoms with Crippen LogP contribution in [0.3, 0.4) is 0 Å². The Morgan fingerprint density at radius 2 is 1.85 bits per heavy atom. The number of anilines is 1. The molecule has 7 heteroatoms. The second-order valence-corrected chi connectivity index (χ2v) is 6.13. The van der Waals surface area contributed by atoms with Gasteiger partial charge in [0, 0.05) is 11.3 Å². The molecule has 0 fully saturated rings. The van der Waals surface area contributed by atoms with Crippen LogP contribution in [0.4, 0.5) is 5.95 Å². The van der Waals surface area contributed by atoms with E-state index < -0.39 is 0 Å². The third-order valence-corrected chi connectivity index (χ3v) is 4.50. The lowest BCUT2D eigenvalue weighted by Crippen LogP contribution is -2.20. The molecule has 0 bridgehead atoms. The predicted molar refractivity (Wildman–Crippen MR) is 95.3 cm³/mol. The van der Waals surface area contributed by atoms with E-state index in [9.17, 15) is 5.11 Å². The summed E-state index contributed by atoms with van der Waals surface area (Å²) in [5, 5.41) is 17.2. The lowest BCUT2D eigenvalue weighted by atomic mass is 10.0. The van der Waals surface area contributed by atoms with Crippen molar-refractivity contribution in [2.24, 2.45) is 0 Å². The first-order valence-corrected chi connectivity index (χ1v) is 8.35. The fourth-order valence-corrected chi connectivity index (χ4v) is 3.22. The van der Waals surface area contributed by atoms with Gasteiger partial charge in [-0.2, -0.15) is 10.1 Å². The Morgan fingerprint density at radius 3 is 2.69 bits per heavy atom. The minimum atomic E-state index is -0.127. The smallest absolute Gasteiger partial charge is 0.226 e. The van der Waals surface area contributed by atoms with Gasteiger partial charge in [0.15, 0.2) is 11.5 Å². The van der Waals surface area contributed by atoms with Gasteiger partial charge in [-0.1, -0.05) is 12.1 Å². The molecule has 0 amide bonds. The normalized spacial score (nSPS) is 17.8. The van der Waals surface area contributed by atoms with E-state index in [4.69, 9.17) is 9.47 Å². The van der Waals surface area contributed by atoms with Crippen LogP contribution in [0.15, 0.2) is 54.9 Å². The summed E-state index contributed by atoms with van der Waals surface area (Å²) in [7, 11) is 0.